The Bertz CT molecular complexity index is 1080. The number of rotatable bonds is 5. The van der Waals surface area contributed by atoms with Gasteiger partial charge in [-0.05, 0) is 50.2 Å². The molecular weight excluding hydrogens is 445 g/mol. The van der Waals surface area contributed by atoms with Crippen LogP contribution in [0.2, 0.25) is 5.02 Å². The van der Waals surface area contributed by atoms with E-state index >= 15 is 0 Å². The molecule has 1 aliphatic rings. The molecule has 0 spiro atoms. The molecule has 0 radical (unpaired) electrons. The molecule has 2 aromatic carbocycles. The van der Waals surface area contributed by atoms with Crippen LogP contribution in [0.1, 0.15) is 24.2 Å². The number of morpholine rings is 1. The molecule has 168 valence electrons. The Hall–Kier alpha value is -2.20. The molecule has 0 saturated carbocycles. The summed E-state index contributed by atoms with van der Waals surface area (Å²) in [4.78, 5) is 14.6. The first-order chi connectivity index (χ1) is 14.5. The van der Waals surface area contributed by atoms with Gasteiger partial charge in [0.05, 0.1) is 33.4 Å². The monoisotopic (exact) mass is 469 g/mol. The molecule has 1 saturated heterocycles. The molecule has 0 aliphatic carbocycles. The van der Waals surface area contributed by atoms with Gasteiger partial charge >= 0.3 is 0 Å². The first kappa shape index (κ1) is 23.5. The lowest BCUT2D eigenvalue weighted by Gasteiger charge is -2.37. The van der Waals surface area contributed by atoms with Crippen LogP contribution in [0.25, 0.3) is 0 Å². The number of nitrogens with one attached hydrogen (secondary N) is 1. The summed E-state index contributed by atoms with van der Waals surface area (Å²) in [6.45, 7) is 5.00. The molecule has 0 bridgehead atoms. The van der Waals surface area contributed by atoms with Gasteiger partial charge in [0.2, 0.25) is 10.0 Å². The van der Waals surface area contributed by atoms with Gasteiger partial charge in [-0.25, -0.2) is 17.1 Å². The number of hydrogen-bond donors (Lipinski definition) is 1. The van der Waals surface area contributed by atoms with Gasteiger partial charge < -0.3 is 15.0 Å². The van der Waals surface area contributed by atoms with Crippen molar-refractivity contribution in [3.8, 4) is 0 Å². The number of sulfonamides is 1. The van der Waals surface area contributed by atoms with E-state index in [0.717, 1.165) is 4.31 Å². The highest BCUT2D eigenvalue weighted by molar-refractivity contribution is 7.89. The van der Waals surface area contributed by atoms with Crippen LogP contribution < -0.4 is 10.2 Å². The van der Waals surface area contributed by atoms with Gasteiger partial charge in [-0.15, -0.1) is 0 Å². The fourth-order valence-corrected chi connectivity index (χ4v) is 4.60. The normalized spacial score (nSPS) is 19.5. The average Bonchev–Trinajstić information content (AvgIpc) is 2.67. The number of anilines is 2. The van der Waals surface area contributed by atoms with Crippen molar-refractivity contribution < 1.29 is 22.3 Å². The number of benzene rings is 2. The lowest BCUT2D eigenvalue weighted by atomic mass is 10.1. The van der Waals surface area contributed by atoms with Crippen molar-refractivity contribution in [2.75, 3.05) is 37.4 Å². The number of nitrogens with zero attached hydrogens (tertiary/aromatic N) is 2. The van der Waals surface area contributed by atoms with Crippen molar-refractivity contribution in [2.24, 2.45) is 0 Å². The number of ether oxygens (including phenoxy) is 1. The van der Waals surface area contributed by atoms with E-state index in [9.17, 15) is 17.6 Å². The van der Waals surface area contributed by atoms with Crippen molar-refractivity contribution in [1.29, 1.82) is 0 Å². The summed E-state index contributed by atoms with van der Waals surface area (Å²) >= 11 is 6.11. The molecule has 1 amide bonds. The molecule has 2 atom stereocenters. The van der Waals surface area contributed by atoms with E-state index in [2.05, 4.69) is 5.32 Å². The van der Waals surface area contributed by atoms with Crippen LogP contribution in [0.5, 0.6) is 0 Å². The fourth-order valence-electron chi connectivity index (χ4n) is 3.46. The number of halogens is 2. The molecule has 1 N–H and O–H groups in total. The number of amides is 1. The van der Waals surface area contributed by atoms with Gasteiger partial charge in [-0.1, -0.05) is 11.6 Å². The molecule has 3 rings (SSSR count). The van der Waals surface area contributed by atoms with Gasteiger partial charge in [0.1, 0.15) is 5.82 Å². The SMILES string of the molecule is CC1CN(c2ccc(NC(=O)c3cc(S(=O)(=O)N(C)C)ccc3Cl)cc2F)CC(C)O1. The third kappa shape index (κ3) is 5.17. The van der Waals surface area contributed by atoms with Crippen LogP contribution in [0.3, 0.4) is 0 Å². The topological polar surface area (TPSA) is 79.0 Å². The Labute approximate surface area is 186 Å². The second kappa shape index (κ2) is 9.12. The largest absolute Gasteiger partial charge is 0.372 e. The summed E-state index contributed by atoms with van der Waals surface area (Å²) < 4.78 is 46.2. The lowest BCUT2D eigenvalue weighted by molar-refractivity contribution is -0.00539. The Morgan fingerprint density at radius 2 is 1.81 bits per heavy atom. The van der Waals surface area contributed by atoms with Crippen molar-refractivity contribution >= 4 is 38.9 Å². The summed E-state index contributed by atoms with van der Waals surface area (Å²) in [5, 5.41) is 2.67. The molecule has 0 aromatic heterocycles. The van der Waals surface area contributed by atoms with Crippen LogP contribution in [-0.2, 0) is 14.8 Å². The fraction of sp³-hybridized carbons (Fsp3) is 0.381. The summed E-state index contributed by atoms with van der Waals surface area (Å²) in [6.07, 6.45) is -0.0363. The highest BCUT2D eigenvalue weighted by Crippen LogP contribution is 2.27. The number of hydrogen-bond acceptors (Lipinski definition) is 5. The second-order valence-corrected chi connectivity index (χ2v) is 10.3. The summed E-state index contributed by atoms with van der Waals surface area (Å²) in [5.74, 6) is -1.12. The summed E-state index contributed by atoms with van der Waals surface area (Å²) in [6, 6.07) is 8.30. The molecule has 7 nitrogen and oxygen atoms in total. The maximum Gasteiger partial charge on any atom is 0.257 e. The molecule has 31 heavy (non-hydrogen) atoms. The molecular formula is C21H25ClFN3O4S. The van der Waals surface area contributed by atoms with Gasteiger partial charge in [0.15, 0.2) is 0 Å². The highest BCUT2D eigenvalue weighted by atomic mass is 35.5. The zero-order chi connectivity index (χ0) is 22.9. The molecule has 1 heterocycles. The van der Waals surface area contributed by atoms with Gasteiger partial charge in [0.25, 0.3) is 5.91 Å². The standard InChI is InChI=1S/C21H25ClFN3O4S/c1-13-11-26(12-14(2)30-13)20-8-5-15(9-19(20)23)24-21(27)17-10-16(6-7-18(17)22)31(28,29)25(3)4/h5-10,13-14H,11-12H2,1-4H3,(H,24,27). The van der Waals surface area contributed by atoms with Gasteiger partial charge in [-0.3, -0.25) is 4.79 Å². The van der Waals surface area contributed by atoms with E-state index in [1.54, 1.807) is 12.1 Å². The van der Waals surface area contributed by atoms with Crippen LogP contribution in [0.4, 0.5) is 15.8 Å². The zero-order valence-corrected chi connectivity index (χ0v) is 19.3. The average molecular weight is 470 g/mol. The van der Waals surface area contributed by atoms with E-state index in [1.807, 2.05) is 18.7 Å². The highest BCUT2D eigenvalue weighted by Gasteiger charge is 2.25. The summed E-state index contributed by atoms with van der Waals surface area (Å²) in [7, 11) is -0.952. The van der Waals surface area contributed by atoms with Gasteiger partial charge in [-0.2, -0.15) is 0 Å². The molecule has 1 fully saturated rings. The van der Waals surface area contributed by atoms with Crippen molar-refractivity contribution in [3.05, 3.63) is 52.8 Å². The second-order valence-electron chi connectivity index (χ2n) is 7.71. The molecule has 2 unspecified atom stereocenters. The molecule has 2 aromatic rings. The third-order valence-corrected chi connectivity index (χ3v) is 7.07. The maximum absolute atomic E-state index is 14.8. The smallest absolute Gasteiger partial charge is 0.257 e. The molecule has 10 heteroatoms. The first-order valence-corrected chi connectivity index (χ1v) is 11.5. The van der Waals surface area contributed by atoms with E-state index < -0.39 is 21.7 Å². The Kier molecular flexibility index (Phi) is 6.90. The maximum atomic E-state index is 14.8. The van der Waals surface area contributed by atoms with E-state index in [1.165, 1.54) is 38.4 Å². The zero-order valence-electron chi connectivity index (χ0n) is 17.7. The third-order valence-electron chi connectivity index (χ3n) is 4.93. The minimum absolute atomic E-state index is 0.0182. The van der Waals surface area contributed by atoms with Crippen molar-refractivity contribution in [3.63, 3.8) is 0 Å². The lowest BCUT2D eigenvalue weighted by Crippen LogP contribution is -2.45. The van der Waals surface area contributed by atoms with E-state index in [4.69, 9.17) is 16.3 Å². The van der Waals surface area contributed by atoms with Crippen LogP contribution >= 0.6 is 11.6 Å². The quantitative estimate of drug-likeness (QED) is 0.723. The Morgan fingerprint density at radius 1 is 1.16 bits per heavy atom. The van der Waals surface area contributed by atoms with Crippen molar-refractivity contribution in [1.82, 2.24) is 4.31 Å². The Balaban J connectivity index is 1.82. The number of carbonyl (C=O) groups excluding carboxylic acids is 1. The van der Waals surface area contributed by atoms with E-state index in [-0.39, 0.29) is 33.4 Å². The van der Waals surface area contributed by atoms with Crippen LogP contribution in [0.15, 0.2) is 41.3 Å². The van der Waals surface area contributed by atoms with E-state index in [0.29, 0.717) is 18.8 Å². The predicted molar refractivity (Wildman–Crippen MR) is 119 cm³/mol. The molecule has 1 aliphatic heterocycles. The Morgan fingerprint density at radius 3 is 2.39 bits per heavy atom. The minimum Gasteiger partial charge on any atom is -0.372 e. The predicted octanol–water partition coefficient (Wildman–Crippen LogP) is 3.60. The summed E-state index contributed by atoms with van der Waals surface area (Å²) in [5.41, 5.74) is 0.638. The minimum atomic E-state index is -3.74. The van der Waals surface area contributed by atoms with Crippen LogP contribution in [0, 0.1) is 5.82 Å². The van der Waals surface area contributed by atoms with Gasteiger partial charge in [0, 0.05) is 32.9 Å². The first-order valence-electron chi connectivity index (χ1n) is 9.72. The number of carbonyl (C=O) groups is 1. The van der Waals surface area contributed by atoms with Crippen molar-refractivity contribution in [2.45, 2.75) is 31.0 Å². The van der Waals surface area contributed by atoms with Crippen LogP contribution in [-0.4, -0.2) is 58.0 Å².